The third-order valence-corrected chi connectivity index (χ3v) is 19.4. The predicted octanol–water partition coefficient (Wildman–Crippen LogP) is 16.2. The molecule has 0 atom stereocenters. The summed E-state index contributed by atoms with van der Waals surface area (Å²) >= 11 is 0. The number of aromatic nitrogens is 9. The number of hydrogen-bond donors (Lipinski definition) is 8. The number of carbonyl (C=O) groups excluding carboxylic acids is 6. The summed E-state index contributed by atoms with van der Waals surface area (Å²) in [5.41, 5.74) is 8.82. The monoisotopic (exact) mass is 1800 g/mol. The molecular weight excluding hydrogens is 1700 g/mol. The third kappa shape index (κ3) is 28.8. The lowest BCUT2D eigenvalue weighted by atomic mass is 10.2. The van der Waals surface area contributed by atoms with Crippen LogP contribution >= 0.6 is 0 Å². The molecule has 1 saturated heterocycles. The van der Waals surface area contributed by atoms with Crippen LogP contribution in [0.3, 0.4) is 0 Å². The maximum Gasteiger partial charge on any atom is 0.260 e. The summed E-state index contributed by atoms with van der Waals surface area (Å²) in [6.45, 7) is 19.9. The largest absolute Gasteiger partial charge is 0.497 e. The van der Waals surface area contributed by atoms with Gasteiger partial charge in [0.2, 0.25) is 70.9 Å². The van der Waals surface area contributed by atoms with Crippen molar-refractivity contribution in [2.24, 2.45) is 0 Å². The summed E-state index contributed by atoms with van der Waals surface area (Å²) in [4.78, 5) is 115. The Morgan fingerprint density at radius 3 is 1.37 bits per heavy atom. The second-order valence-corrected chi connectivity index (χ2v) is 29.1. The minimum Gasteiger partial charge on any atom is -0.497 e. The second-order valence-electron chi connectivity index (χ2n) is 29.1. The molecule has 132 heavy (non-hydrogen) atoms. The highest BCUT2D eigenvalue weighted by Crippen LogP contribution is 2.36. The maximum absolute atomic E-state index is 14.4. The molecule has 5 aromatic heterocycles. The molecular formula is C95H96F4N22O11. The normalized spacial score (nSPS) is 11.5. The number of ether oxygens (including phenoxy) is 5. The van der Waals surface area contributed by atoms with Crippen LogP contribution in [0, 0.1) is 23.3 Å². The second kappa shape index (κ2) is 47.6. The molecule has 7 aromatic carbocycles. The first-order valence-electron chi connectivity index (χ1n) is 41.1. The first-order valence-corrected chi connectivity index (χ1v) is 41.1. The number of likely N-dealkylation sites (tertiary alicyclic amines) is 1. The summed E-state index contributed by atoms with van der Waals surface area (Å²) in [6.07, 6.45) is 13.1. The average molecular weight is 1800 g/mol. The maximum atomic E-state index is 14.4. The highest BCUT2D eigenvalue weighted by Gasteiger charge is 2.24. The number of methoxy groups -OCH3 is 2. The van der Waals surface area contributed by atoms with Crippen molar-refractivity contribution in [3.63, 3.8) is 0 Å². The first kappa shape index (κ1) is 95.8. The molecule has 33 nitrogen and oxygen atoms in total. The molecule has 0 saturated carbocycles. The molecule has 0 unspecified atom stereocenters. The Kier molecular flexibility index (Phi) is 34.5. The lowest BCUT2D eigenvalue weighted by Gasteiger charge is -2.29. The van der Waals surface area contributed by atoms with E-state index in [4.69, 9.17) is 23.7 Å². The number of nitrogens with zero attached hydrogens (tertiary/aromatic N) is 14. The van der Waals surface area contributed by atoms with Gasteiger partial charge in [-0.05, 0) is 156 Å². The van der Waals surface area contributed by atoms with Crippen LogP contribution in [0.1, 0.15) is 48.4 Å². The van der Waals surface area contributed by atoms with E-state index in [1.54, 1.807) is 164 Å². The van der Waals surface area contributed by atoms with Gasteiger partial charge in [-0.2, -0.15) is 24.3 Å². The van der Waals surface area contributed by atoms with Gasteiger partial charge in [-0.1, -0.05) is 87.0 Å². The van der Waals surface area contributed by atoms with Crippen molar-refractivity contribution in [3.8, 4) is 34.8 Å². The number of benzene rings is 7. The number of carbonyl (C=O) groups is 6. The number of likely N-dealkylation sites (N-methyl/N-ethyl adjacent to an activating group) is 3. The number of anilines is 15. The molecule has 2 aliphatic heterocycles. The molecule has 37 heteroatoms. The molecule has 12 aromatic rings. The van der Waals surface area contributed by atoms with Crippen LogP contribution in [-0.2, 0) is 54.9 Å². The van der Waals surface area contributed by atoms with Gasteiger partial charge in [-0.3, -0.25) is 28.8 Å². The van der Waals surface area contributed by atoms with Crippen LogP contribution in [0.5, 0.6) is 34.8 Å². The van der Waals surface area contributed by atoms with Crippen molar-refractivity contribution >= 4 is 122 Å². The van der Waals surface area contributed by atoms with E-state index in [1.165, 1.54) is 43.2 Å². The Morgan fingerprint density at radius 1 is 0.470 bits per heavy atom. The van der Waals surface area contributed by atoms with Gasteiger partial charge in [0.1, 0.15) is 29.6 Å². The summed E-state index contributed by atoms with van der Waals surface area (Å²) < 4.78 is 84.4. The third-order valence-electron chi connectivity index (χ3n) is 19.4. The average Bonchev–Trinajstić information content (AvgIpc) is 1.72. The number of halogens is 4. The van der Waals surface area contributed by atoms with Crippen molar-refractivity contribution in [1.29, 1.82) is 0 Å². The molecule has 0 bridgehead atoms. The van der Waals surface area contributed by atoms with Crippen molar-refractivity contribution in [2.75, 3.05) is 110 Å². The Labute approximate surface area is 758 Å². The molecule has 7 heterocycles. The van der Waals surface area contributed by atoms with Gasteiger partial charge >= 0.3 is 0 Å². The molecule has 680 valence electrons. The smallest absolute Gasteiger partial charge is 0.260 e. The number of pyridine rings is 1. The molecule has 0 aliphatic carbocycles. The molecule has 1 fully saturated rings. The van der Waals surface area contributed by atoms with Gasteiger partial charge in [-0.25, -0.2) is 38.1 Å². The minimum atomic E-state index is -0.704. The van der Waals surface area contributed by atoms with Crippen LogP contribution in [0.15, 0.2) is 258 Å². The molecule has 6 amide bonds. The van der Waals surface area contributed by atoms with Gasteiger partial charge in [0.05, 0.1) is 69.7 Å². The van der Waals surface area contributed by atoms with Crippen molar-refractivity contribution in [1.82, 2.24) is 69.8 Å². The van der Waals surface area contributed by atoms with E-state index in [0.29, 0.717) is 128 Å². The lowest BCUT2D eigenvalue weighted by molar-refractivity contribution is -0.128. The number of nitrogens with one attached hydrogen (secondary N) is 8. The highest BCUT2D eigenvalue weighted by molar-refractivity contribution is 5.95. The zero-order valence-corrected chi connectivity index (χ0v) is 73.0. The van der Waals surface area contributed by atoms with E-state index < -0.39 is 23.3 Å². The Hall–Kier alpha value is -16.9. The topological polar surface area (TPSA) is 377 Å². The fraction of sp³-hybridized carbons (Fsp3) is 0.189. The minimum absolute atomic E-state index is 0.00290. The van der Waals surface area contributed by atoms with Crippen LogP contribution in [-0.4, -0.2) is 168 Å². The van der Waals surface area contributed by atoms with Gasteiger partial charge in [0.15, 0.2) is 34.9 Å². The van der Waals surface area contributed by atoms with Crippen LogP contribution in [0.2, 0.25) is 0 Å². The van der Waals surface area contributed by atoms with Gasteiger partial charge in [-0.15, -0.1) is 0 Å². The number of fused-ring (bicyclic) bond motifs is 1. The van der Waals surface area contributed by atoms with Gasteiger partial charge in [0.25, 0.3) is 5.88 Å². The van der Waals surface area contributed by atoms with Crippen molar-refractivity contribution < 1.29 is 70.0 Å². The summed E-state index contributed by atoms with van der Waals surface area (Å²) in [6, 6.07) is 51.8. The summed E-state index contributed by atoms with van der Waals surface area (Å²) in [5, 5.41) is 23.6. The Balaban J connectivity index is 0.000000171. The van der Waals surface area contributed by atoms with Crippen LogP contribution in [0.4, 0.5) is 104 Å². The van der Waals surface area contributed by atoms with E-state index in [2.05, 4.69) is 114 Å². The molecule has 0 spiro atoms. The van der Waals surface area contributed by atoms with Gasteiger partial charge < -0.3 is 90.7 Å². The summed E-state index contributed by atoms with van der Waals surface area (Å²) in [7, 11) is 8.18. The van der Waals surface area contributed by atoms with E-state index in [9.17, 15) is 46.3 Å². The zero-order valence-electron chi connectivity index (χ0n) is 73.0. The van der Waals surface area contributed by atoms with Crippen LogP contribution < -0.4 is 71.1 Å². The van der Waals surface area contributed by atoms with Crippen molar-refractivity contribution in [3.05, 3.63) is 303 Å². The van der Waals surface area contributed by atoms with Crippen LogP contribution in [0.25, 0.3) is 0 Å². The van der Waals surface area contributed by atoms with E-state index >= 15 is 0 Å². The van der Waals surface area contributed by atoms with E-state index in [-0.39, 0.29) is 82.6 Å². The Bertz CT molecular complexity index is 6030. The number of hydrogen-bond acceptors (Lipinski definition) is 27. The molecule has 14 rings (SSSR count). The fourth-order valence-corrected chi connectivity index (χ4v) is 12.6. The fourth-order valence-electron chi connectivity index (χ4n) is 12.6. The van der Waals surface area contributed by atoms with Gasteiger partial charge in [0, 0.05) is 126 Å². The van der Waals surface area contributed by atoms with E-state index in [0.717, 1.165) is 72.1 Å². The van der Waals surface area contributed by atoms with E-state index in [1.807, 2.05) is 65.6 Å². The lowest BCUT2D eigenvalue weighted by Crippen LogP contribution is -2.36. The molecule has 8 N–H and O–H groups in total. The first-order chi connectivity index (χ1) is 63.8. The highest BCUT2D eigenvalue weighted by atomic mass is 19.1. The Morgan fingerprint density at radius 2 is 0.917 bits per heavy atom. The predicted molar refractivity (Wildman–Crippen MR) is 495 cm³/mol. The standard InChI is InChI=1S/C28H30FN5O4.C24H23FN6O3.C22H22FN5O2.C21H21FN6O2/c1-3-25(35)33(2)19-20-10-12-22(13-11-20)38-27-24(29)18-30-28(32-27)31-21-7-4-8-23(17-21)37-16-6-15-34-14-5-9-26(34)36;1-3-22(33)26-13-16-4-6-17(7-5-16)28-23-19(25)14-27-24(30-23)29-18-8-9-21-20(12-18)31(15(2)32)10-11-34-21;1-4-20(29)28(2)14-15-8-10-16(11-9-15)25-21-19(23)13-24-22(27-21)26-17-6-5-7-18(12-17)30-3;1-4-19(29)28(2)13-14-5-7-15(8-6-14)25-20-17(22)12-24-21(27-20)26-16-9-10-18(30-3)23-11-16/h3-4,7-8,10-13,17-18H,1,5-6,9,14-16,19H2,2H3,(H,30,31,32);3-9,12,14H,1,10-11,13H2,2H3,(H,26,33)(H2,27,28,29,30);4-13H,1,14H2,2-3H3,(H2,24,25,26,27);4-12H,1,13H2,2-3H3,(H2,24,25,26,27). The number of amides is 6. The zero-order chi connectivity index (χ0) is 94.0. The SMILES string of the molecule is C=CC(=O)N(C)Cc1ccc(Nc2nc(Nc3ccc(OC)nc3)ncc2F)cc1.C=CC(=O)N(C)Cc1ccc(Nc2nc(Nc3cccc(OC)c3)ncc2F)cc1.C=CC(=O)N(C)Cc1ccc(Oc2nc(Nc3cccc(OCCCN4CCCC4=O)c3)ncc2F)cc1.C=CC(=O)NCc1ccc(Nc2nc(Nc3ccc4c(c3)N(C(C)=O)CCO4)ncc2F)cc1. The molecule has 2 aliphatic rings. The number of rotatable bonds is 35. The quantitative estimate of drug-likeness (QED) is 0.0104. The summed E-state index contributed by atoms with van der Waals surface area (Å²) in [5.74, 6) is 0.344. The van der Waals surface area contributed by atoms with Crippen molar-refractivity contribution in [2.45, 2.75) is 52.4 Å². The molecule has 0 radical (unpaired) electrons.